The highest BCUT2D eigenvalue weighted by molar-refractivity contribution is 5.94. The van der Waals surface area contributed by atoms with Crippen LogP contribution in [0.2, 0.25) is 0 Å². The van der Waals surface area contributed by atoms with Gasteiger partial charge in [-0.15, -0.1) is 0 Å². The van der Waals surface area contributed by atoms with Crippen molar-refractivity contribution in [3.05, 3.63) is 29.8 Å². The Labute approximate surface area is 113 Å². The number of likely N-dealkylation sites (tertiary alicyclic amines) is 1. The third kappa shape index (κ3) is 2.45. The molecule has 0 aromatic heterocycles. The normalized spacial score (nSPS) is 30.2. The Morgan fingerprint density at radius 1 is 1.16 bits per heavy atom. The average molecular weight is 260 g/mol. The Morgan fingerprint density at radius 2 is 1.84 bits per heavy atom. The topological polar surface area (TPSA) is 66.6 Å². The van der Waals surface area contributed by atoms with Crippen molar-refractivity contribution in [2.45, 2.75) is 25.3 Å². The van der Waals surface area contributed by atoms with Crippen molar-refractivity contribution in [2.24, 2.45) is 17.6 Å². The summed E-state index contributed by atoms with van der Waals surface area (Å²) in [4.78, 5) is 14.3. The Balaban J connectivity index is 1.70. The molecule has 4 nitrogen and oxygen atoms in total. The largest absolute Gasteiger partial charge is 0.508 e. The molecule has 1 amide bonds. The van der Waals surface area contributed by atoms with Gasteiger partial charge in [0.05, 0.1) is 0 Å². The van der Waals surface area contributed by atoms with Crippen molar-refractivity contribution in [1.82, 2.24) is 4.90 Å². The molecule has 1 aliphatic heterocycles. The van der Waals surface area contributed by atoms with Crippen LogP contribution in [0.15, 0.2) is 24.3 Å². The van der Waals surface area contributed by atoms with Gasteiger partial charge in [-0.25, -0.2) is 0 Å². The summed E-state index contributed by atoms with van der Waals surface area (Å²) in [5, 5.41) is 9.26. The first-order valence-electron chi connectivity index (χ1n) is 6.97. The number of carbonyl (C=O) groups excluding carboxylic acids is 1. The van der Waals surface area contributed by atoms with Gasteiger partial charge in [0.15, 0.2) is 0 Å². The number of phenolic OH excluding ortho intramolecular Hbond substituents is 1. The molecule has 19 heavy (non-hydrogen) atoms. The van der Waals surface area contributed by atoms with Crippen LogP contribution in [-0.2, 0) is 0 Å². The van der Waals surface area contributed by atoms with E-state index in [1.165, 1.54) is 0 Å². The predicted octanol–water partition coefficient (Wildman–Crippen LogP) is 1.59. The molecular formula is C15H20N2O2. The smallest absolute Gasteiger partial charge is 0.253 e. The minimum absolute atomic E-state index is 0.0722. The predicted molar refractivity (Wildman–Crippen MR) is 72.8 cm³/mol. The monoisotopic (exact) mass is 260 g/mol. The lowest BCUT2D eigenvalue weighted by Gasteiger charge is -2.27. The van der Waals surface area contributed by atoms with Crippen LogP contribution in [0.5, 0.6) is 5.75 Å². The van der Waals surface area contributed by atoms with E-state index in [1.54, 1.807) is 24.3 Å². The lowest BCUT2D eigenvalue weighted by atomic mass is 9.79. The first-order chi connectivity index (χ1) is 9.13. The Hall–Kier alpha value is -1.55. The lowest BCUT2D eigenvalue weighted by molar-refractivity contribution is 0.0784. The maximum Gasteiger partial charge on any atom is 0.253 e. The van der Waals surface area contributed by atoms with Crippen LogP contribution in [0, 0.1) is 11.8 Å². The minimum Gasteiger partial charge on any atom is -0.508 e. The first kappa shape index (κ1) is 12.5. The number of amides is 1. The van der Waals surface area contributed by atoms with Crippen molar-refractivity contribution < 1.29 is 9.90 Å². The zero-order valence-electron chi connectivity index (χ0n) is 11.0. The van der Waals surface area contributed by atoms with Crippen molar-refractivity contribution >= 4 is 5.91 Å². The summed E-state index contributed by atoms with van der Waals surface area (Å²) in [6.45, 7) is 1.69. The molecule has 1 saturated heterocycles. The standard InChI is InChI=1S/C15H20N2O2/c16-13-4-1-11-8-17(9-12(11)7-13)15(19)10-2-5-14(18)6-3-10/h2-3,5-6,11-13,18H,1,4,7-9,16H2/t11-,12+,13?/m1/s1. The highest BCUT2D eigenvalue weighted by atomic mass is 16.3. The van der Waals surface area contributed by atoms with E-state index in [4.69, 9.17) is 5.73 Å². The maximum atomic E-state index is 12.4. The maximum absolute atomic E-state index is 12.4. The van der Waals surface area contributed by atoms with Crippen LogP contribution in [0.25, 0.3) is 0 Å². The third-order valence-electron chi connectivity index (χ3n) is 4.49. The number of fused-ring (bicyclic) bond motifs is 1. The van der Waals surface area contributed by atoms with Crippen LogP contribution in [0.1, 0.15) is 29.6 Å². The van der Waals surface area contributed by atoms with Gasteiger partial charge in [-0.2, -0.15) is 0 Å². The fourth-order valence-electron chi connectivity index (χ4n) is 3.42. The second kappa shape index (κ2) is 4.85. The van der Waals surface area contributed by atoms with E-state index in [9.17, 15) is 9.90 Å². The van der Waals surface area contributed by atoms with Gasteiger partial charge < -0.3 is 15.7 Å². The van der Waals surface area contributed by atoms with Crippen LogP contribution >= 0.6 is 0 Å². The summed E-state index contributed by atoms with van der Waals surface area (Å²) in [5.74, 6) is 1.46. The number of hydrogen-bond acceptors (Lipinski definition) is 3. The van der Waals surface area contributed by atoms with Crippen LogP contribution in [0.4, 0.5) is 0 Å². The molecule has 0 spiro atoms. The Kier molecular flexibility index (Phi) is 3.19. The number of hydrogen-bond donors (Lipinski definition) is 2. The molecule has 2 fully saturated rings. The van der Waals surface area contributed by atoms with E-state index >= 15 is 0 Å². The molecule has 0 bridgehead atoms. The van der Waals surface area contributed by atoms with E-state index < -0.39 is 0 Å². The molecule has 1 aromatic carbocycles. The van der Waals surface area contributed by atoms with Crippen LogP contribution in [0.3, 0.4) is 0 Å². The third-order valence-corrected chi connectivity index (χ3v) is 4.49. The minimum atomic E-state index is 0.0722. The number of nitrogens with two attached hydrogens (primary N) is 1. The number of phenols is 1. The summed E-state index contributed by atoms with van der Waals surface area (Å²) in [6.07, 6.45) is 3.28. The van der Waals surface area contributed by atoms with Crippen molar-refractivity contribution in [2.75, 3.05) is 13.1 Å². The van der Waals surface area contributed by atoms with Crippen LogP contribution < -0.4 is 5.73 Å². The SMILES string of the molecule is NC1CC[C@@H]2CN(C(=O)c3ccc(O)cc3)C[C@@H]2C1. The van der Waals surface area contributed by atoms with E-state index in [0.717, 1.165) is 32.4 Å². The highest BCUT2D eigenvalue weighted by Crippen LogP contribution is 2.36. The van der Waals surface area contributed by atoms with E-state index in [1.807, 2.05) is 4.90 Å². The summed E-state index contributed by atoms with van der Waals surface area (Å²) in [5.41, 5.74) is 6.66. The highest BCUT2D eigenvalue weighted by Gasteiger charge is 2.38. The fourth-order valence-corrected chi connectivity index (χ4v) is 3.42. The van der Waals surface area contributed by atoms with E-state index in [0.29, 0.717) is 23.4 Å². The van der Waals surface area contributed by atoms with Gasteiger partial charge in [0.25, 0.3) is 5.91 Å². The number of rotatable bonds is 1. The molecule has 102 valence electrons. The van der Waals surface area contributed by atoms with Crippen molar-refractivity contribution in [1.29, 1.82) is 0 Å². The number of nitrogens with zero attached hydrogens (tertiary/aromatic N) is 1. The molecule has 4 heteroatoms. The quantitative estimate of drug-likeness (QED) is 0.806. The second-order valence-corrected chi connectivity index (χ2v) is 5.85. The zero-order valence-corrected chi connectivity index (χ0v) is 11.0. The van der Waals surface area contributed by atoms with Gasteiger partial charge in [-0.1, -0.05) is 0 Å². The van der Waals surface area contributed by atoms with Crippen LogP contribution in [-0.4, -0.2) is 35.0 Å². The van der Waals surface area contributed by atoms with Crippen molar-refractivity contribution in [3.8, 4) is 5.75 Å². The zero-order chi connectivity index (χ0) is 13.4. The second-order valence-electron chi connectivity index (χ2n) is 5.85. The molecule has 1 aliphatic carbocycles. The lowest BCUT2D eigenvalue weighted by Crippen LogP contribution is -2.32. The van der Waals surface area contributed by atoms with Gasteiger partial charge in [-0.3, -0.25) is 4.79 Å². The van der Waals surface area contributed by atoms with Crippen molar-refractivity contribution in [3.63, 3.8) is 0 Å². The molecule has 1 saturated carbocycles. The molecular weight excluding hydrogens is 240 g/mol. The van der Waals surface area contributed by atoms with Gasteiger partial charge >= 0.3 is 0 Å². The summed E-state index contributed by atoms with van der Waals surface area (Å²) >= 11 is 0. The number of benzene rings is 1. The van der Waals surface area contributed by atoms with Gasteiger partial charge in [0.1, 0.15) is 5.75 Å². The van der Waals surface area contributed by atoms with Gasteiger partial charge in [0, 0.05) is 24.7 Å². The molecule has 3 atom stereocenters. The molecule has 1 heterocycles. The molecule has 1 aromatic rings. The summed E-state index contributed by atoms with van der Waals surface area (Å²) in [6, 6.07) is 6.81. The molecule has 3 N–H and O–H groups in total. The Bertz CT molecular complexity index is 472. The molecule has 2 aliphatic rings. The number of aromatic hydroxyl groups is 1. The van der Waals surface area contributed by atoms with E-state index in [2.05, 4.69) is 0 Å². The summed E-state index contributed by atoms with van der Waals surface area (Å²) in [7, 11) is 0. The average Bonchev–Trinajstić information content (AvgIpc) is 2.81. The fraction of sp³-hybridized carbons (Fsp3) is 0.533. The number of carbonyl (C=O) groups is 1. The van der Waals surface area contributed by atoms with Gasteiger partial charge in [-0.05, 0) is 55.4 Å². The molecule has 3 rings (SSSR count). The molecule has 0 radical (unpaired) electrons. The Morgan fingerprint density at radius 3 is 2.58 bits per heavy atom. The summed E-state index contributed by atoms with van der Waals surface area (Å²) < 4.78 is 0. The molecule has 1 unspecified atom stereocenters. The van der Waals surface area contributed by atoms with E-state index in [-0.39, 0.29) is 11.7 Å². The van der Waals surface area contributed by atoms with Gasteiger partial charge in [0.2, 0.25) is 0 Å². The first-order valence-corrected chi connectivity index (χ1v) is 6.97.